The van der Waals surface area contributed by atoms with Crippen molar-refractivity contribution in [1.82, 2.24) is 20.1 Å². The number of benzene rings is 1. The summed E-state index contributed by atoms with van der Waals surface area (Å²) in [5.74, 6) is 0. The predicted octanol–water partition coefficient (Wildman–Crippen LogP) is 1.50. The summed E-state index contributed by atoms with van der Waals surface area (Å²) in [6.07, 6.45) is 2.00. The zero-order valence-electron chi connectivity index (χ0n) is 12.2. The highest BCUT2D eigenvalue weighted by Crippen LogP contribution is 2.13. The monoisotopic (exact) mass is 272 g/mol. The molecule has 2 heterocycles. The van der Waals surface area contributed by atoms with E-state index in [4.69, 9.17) is 0 Å². The molecule has 3 rings (SSSR count). The maximum atomic E-state index is 3.55. The van der Waals surface area contributed by atoms with Gasteiger partial charge < -0.3 is 15.2 Å². The number of nitrogens with one attached hydrogen (secondary N) is 2. The van der Waals surface area contributed by atoms with Crippen molar-refractivity contribution in [2.24, 2.45) is 0 Å². The zero-order chi connectivity index (χ0) is 13.8. The lowest BCUT2D eigenvalue weighted by Crippen LogP contribution is -2.46. The van der Waals surface area contributed by atoms with Crippen molar-refractivity contribution in [3.05, 3.63) is 36.0 Å². The number of hydrogen-bond donors (Lipinski definition) is 2. The Balaban J connectivity index is 1.41. The van der Waals surface area contributed by atoms with E-state index in [0.717, 1.165) is 19.6 Å². The summed E-state index contributed by atoms with van der Waals surface area (Å²) in [6, 6.07) is 8.74. The van der Waals surface area contributed by atoms with Crippen molar-refractivity contribution in [3.8, 4) is 0 Å². The van der Waals surface area contributed by atoms with Crippen LogP contribution in [0.2, 0.25) is 0 Å². The van der Waals surface area contributed by atoms with Crippen molar-refractivity contribution < 1.29 is 0 Å². The highest BCUT2D eigenvalue weighted by Gasteiger charge is 2.12. The van der Waals surface area contributed by atoms with Crippen LogP contribution in [0, 0.1) is 0 Å². The van der Waals surface area contributed by atoms with Gasteiger partial charge in [0.2, 0.25) is 0 Å². The summed E-state index contributed by atoms with van der Waals surface area (Å²) in [5.41, 5.74) is 2.57. The first kappa shape index (κ1) is 13.6. The summed E-state index contributed by atoms with van der Waals surface area (Å²) < 4.78 is 0. The van der Waals surface area contributed by atoms with E-state index in [2.05, 4.69) is 51.4 Å². The van der Waals surface area contributed by atoms with Gasteiger partial charge in [0, 0.05) is 57.5 Å². The SMILES string of the molecule is CN1CCN(CCNCc2ccc3cc[nH]c3c2)CC1. The van der Waals surface area contributed by atoms with Crippen molar-refractivity contribution in [2.45, 2.75) is 6.54 Å². The fraction of sp³-hybridized carbons (Fsp3) is 0.500. The maximum Gasteiger partial charge on any atom is 0.0457 e. The Kier molecular flexibility index (Phi) is 4.35. The van der Waals surface area contributed by atoms with Gasteiger partial charge in [0.1, 0.15) is 0 Å². The molecule has 0 bridgehead atoms. The second-order valence-electron chi connectivity index (χ2n) is 5.72. The predicted molar refractivity (Wildman–Crippen MR) is 83.9 cm³/mol. The Labute approximate surface area is 120 Å². The molecule has 0 amide bonds. The summed E-state index contributed by atoms with van der Waals surface area (Å²) in [5, 5.41) is 4.83. The van der Waals surface area contributed by atoms with Gasteiger partial charge >= 0.3 is 0 Å². The van der Waals surface area contributed by atoms with Crippen LogP contribution >= 0.6 is 0 Å². The molecule has 2 N–H and O–H groups in total. The number of aromatic amines is 1. The fourth-order valence-electron chi connectivity index (χ4n) is 2.75. The standard InChI is InChI=1S/C16H24N4/c1-19-8-10-20(11-9-19)7-6-17-13-14-2-3-15-4-5-18-16(15)12-14/h2-5,12,17-18H,6-11,13H2,1H3. The molecule has 4 heteroatoms. The molecule has 0 aliphatic carbocycles. The lowest BCUT2D eigenvalue weighted by atomic mass is 10.1. The summed E-state index contributed by atoms with van der Waals surface area (Å²) >= 11 is 0. The molecule has 0 saturated carbocycles. The number of nitrogens with zero attached hydrogens (tertiary/aromatic N) is 2. The van der Waals surface area contributed by atoms with Crippen molar-refractivity contribution >= 4 is 10.9 Å². The van der Waals surface area contributed by atoms with E-state index in [1.54, 1.807) is 0 Å². The lowest BCUT2D eigenvalue weighted by Gasteiger charge is -2.32. The molecule has 2 aromatic rings. The Morgan fingerprint density at radius 2 is 2.00 bits per heavy atom. The molecule has 108 valence electrons. The van der Waals surface area contributed by atoms with Crippen molar-refractivity contribution in [3.63, 3.8) is 0 Å². The first-order valence-corrected chi connectivity index (χ1v) is 7.49. The first-order chi connectivity index (χ1) is 9.81. The van der Waals surface area contributed by atoms with Crippen LogP contribution in [0.1, 0.15) is 5.56 Å². The van der Waals surface area contributed by atoms with Crippen LogP contribution in [0.4, 0.5) is 0 Å². The quantitative estimate of drug-likeness (QED) is 0.810. The summed E-state index contributed by atoms with van der Waals surface area (Å²) in [4.78, 5) is 8.21. The summed E-state index contributed by atoms with van der Waals surface area (Å²) in [7, 11) is 2.20. The molecule has 0 spiro atoms. The Hall–Kier alpha value is -1.36. The number of hydrogen-bond acceptors (Lipinski definition) is 3. The van der Waals surface area contributed by atoms with E-state index >= 15 is 0 Å². The number of rotatable bonds is 5. The lowest BCUT2D eigenvalue weighted by molar-refractivity contribution is 0.154. The van der Waals surface area contributed by atoms with Crippen LogP contribution in [0.15, 0.2) is 30.5 Å². The summed E-state index contributed by atoms with van der Waals surface area (Å²) in [6.45, 7) is 7.96. The number of likely N-dealkylation sites (N-methyl/N-ethyl adjacent to an activating group) is 1. The van der Waals surface area contributed by atoms with Gasteiger partial charge in [0.05, 0.1) is 0 Å². The molecule has 1 aromatic heterocycles. The van der Waals surface area contributed by atoms with E-state index in [-0.39, 0.29) is 0 Å². The highest BCUT2D eigenvalue weighted by atomic mass is 15.2. The third-order valence-electron chi connectivity index (χ3n) is 4.15. The zero-order valence-corrected chi connectivity index (χ0v) is 12.2. The van der Waals surface area contributed by atoms with Crippen molar-refractivity contribution in [1.29, 1.82) is 0 Å². The average molecular weight is 272 g/mol. The molecule has 0 radical (unpaired) electrons. The second-order valence-corrected chi connectivity index (χ2v) is 5.72. The van der Waals surface area contributed by atoms with Gasteiger partial charge in [-0.15, -0.1) is 0 Å². The van der Waals surface area contributed by atoms with Gasteiger partial charge in [-0.3, -0.25) is 4.90 Å². The largest absolute Gasteiger partial charge is 0.361 e. The van der Waals surface area contributed by atoms with E-state index in [9.17, 15) is 0 Å². The minimum atomic E-state index is 0.947. The Morgan fingerprint density at radius 1 is 1.15 bits per heavy atom. The second kappa shape index (κ2) is 6.39. The number of aromatic nitrogens is 1. The topological polar surface area (TPSA) is 34.3 Å². The maximum absolute atomic E-state index is 3.55. The van der Waals surface area contributed by atoms with Gasteiger partial charge in [-0.2, -0.15) is 0 Å². The molecule has 1 aliphatic rings. The van der Waals surface area contributed by atoms with E-state index in [1.165, 1.54) is 42.6 Å². The first-order valence-electron chi connectivity index (χ1n) is 7.49. The van der Waals surface area contributed by atoms with Gasteiger partial charge in [0.25, 0.3) is 0 Å². The number of fused-ring (bicyclic) bond motifs is 1. The van der Waals surface area contributed by atoms with Gasteiger partial charge in [-0.05, 0) is 30.1 Å². The minimum Gasteiger partial charge on any atom is -0.361 e. The minimum absolute atomic E-state index is 0.947. The average Bonchev–Trinajstić information content (AvgIpc) is 2.93. The normalized spacial score (nSPS) is 17.9. The van der Waals surface area contributed by atoms with Crippen LogP contribution in [0.5, 0.6) is 0 Å². The molecule has 1 aliphatic heterocycles. The molecular formula is C16H24N4. The number of H-pyrrole nitrogens is 1. The van der Waals surface area contributed by atoms with E-state index in [1.807, 2.05) is 6.20 Å². The molecule has 0 unspecified atom stereocenters. The molecule has 4 nitrogen and oxygen atoms in total. The van der Waals surface area contributed by atoms with Crippen LogP contribution < -0.4 is 5.32 Å². The van der Waals surface area contributed by atoms with Gasteiger partial charge in [0.15, 0.2) is 0 Å². The molecule has 1 fully saturated rings. The number of piperazine rings is 1. The third kappa shape index (κ3) is 3.39. The Bertz CT molecular complexity index is 540. The van der Waals surface area contributed by atoms with Gasteiger partial charge in [-0.25, -0.2) is 0 Å². The molecule has 0 atom stereocenters. The third-order valence-corrected chi connectivity index (χ3v) is 4.15. The Morgan fingerprint density at radius 3 is 2.85 bits per heavy atom. The molecule has 1 saturated heterocycles. The van der Waals surface area contributed by atoms with Crippen LogP contribution in [0.25, 0.3) is 10.9 Å². The van der Waals surface area contributed by atoms with E-state index < -0.39 is 0 Å². The van der Waals surface area contributed by atoms with Crippen LogP contribution in [0.3, 0.4) is 0 Å². The fourth-order valence-corrected chi connectivity index (χ4v) is 2.75. The highest BCUT2D eigenvalue weighted by molar-refractivity contribution is 5.79. The smallest absolute Gasteiger partial charge is 0.0457 e. The molecular weight excluding hydrogens is 248 g/mol. The molecule has 1 aromatic carbocycles. The van der Waals surface area contributed by atoms with Crippen LogP contribution in [-0.2, 0) is 6.54 Å². The van der Waals surface area contributed by atoms with Gasteiger partial charge in [-0.1, -0.05) is 12.1 Å². The van der Waals surface area contributed by atoms with Crippen LogP contribution in [-0.4, -0.2) is 61.1 Å². The van der Waals surface area contributed by atoms with Crippen molar-refractivity contribution in [2.75, 3.05) is 46.3 Å². The van der Waals surface area contributed by atoms with E-state index in [0.29, 0.717) is 0 Å². The molecule has 20 heavy (non-hydrogen) atoms.